The van der Waals surface area contributed by atoms with E-state index in [2.05, 4.69) is 27.4 Å². The third-order valence-corrected chi connectivity index (χ3v) is 8.58. The van der Waals surface area contributed by atoms with E-state index in [1.165, 1.54) is 16.4 Å². The highest BCUT2D eigenvalue weighted by atomic mass is 79.9. The first-order chi connectivity index (χ1) is 18.2. The fourth-order valence-electron chi connectivity index (χ4n) is 4.05. The fourth-order valence-corrected chi connectivity index (χ4v) is 5.74. The molecule has 0 unspecified atom stereocenters. The Kier molecular flexibility index (Phi) is 11.5. The van der Waals surface area contributed by atoms with Crippen molar-refractivity contribution in [3.63, 3.8) is 0 Å². The van der Waals surface area contributed by atoms with Gasteiger partial charge < -0.3 is 14.2 Å². The summed E-state index contributed by atoms with van der Waals surface area (Å²) in [4.78, 5) is 15.2. The second-order valence-electron chi connectivity index (χ2n) is 9.06. The van der Waals surface area contributed by atoms with Crippen molar-refractivity contribution in [2.75, 3.05) is 33.4 Å². The van der Waals surface area contributed by atoms with Gasteiger partial charge in [0.05, 0.1) is 18.0 Å². The number of aromatic nitrogens is 1. The fraction of sp³-hybridized carbons (Fsp3) is 0.393. The van der Waals surface area contributed by atoms with Crippen LogP contribution in [0.4, 0.5) is 4.39 Å². The first-order valence-electron chi connectivity index (χ1n) is 12.7. The number of halogens is 2. The SMILES string of the molecule is CCCCN(Cc1cccn1Cc1ccc(Br)cc1)C(=O)CN(CCCOC)S(=O)(=O)c1ccc(F)cc1. The average Bonchev–Trinajstić information content (AvgIpc) is 3.33. The number of rotatable bonds is 15. The quantitative estimate of drug-likeness (QED) is 0.220. The summed E-state index contributed by atoms with van der Waals surface area (Å²) in [5.41, 5.74) is 2.09. The molecule has 38 heavy (non-hydrogen) atoms. The number of sulfonamides is 1. The summed E-state index contributed by atoms with van der Waals surface area (Å²) in [6.45, 7) is 3.75. The standard InChI is InChI=1S/C28H35BrFN3O4S/c1-3-4-16-32(21-26-7-5-17-31(26)20-23-8-10-24(29)11-9-23)28(34)22-33(18-6-19-37-2)38(35,36)27-14-12-25(30)13-15-27/h5,7-15,17H,3-4,6,16,18-22H2,1-2H3. The van der Waals surface area contributed by atoms with E-state index in [4.69, 9.17) is 4.74 Å². The van der Waals surface area contributed by atoms with Crippen molar-refractivity contribution in [2.45, 2.75) is 44.2 Å². The van der Waals surface area contributed by atoms with Crippen molar-refractivity contribution >= 4 is 31.9 Å². The number of ether oxygens (including phenoxy) is 1. The number of carbonyl (C=O) groups is 1. The van der Waals surface area contributed by atoms with Crippen molar-refractivity contribution < 1.29 is 22.3 Å². The molecule has 0 aliphatic carbocycles. The van der Waals surface area contributed by atoms with Gasteiger partial charge in [0.2, 0.25) is 15.9 Å². The molecule has 0 atom stereocenters. The second kappa shape index (κ2) is 14.6. The van der Waals surface area contributed by atoms with Gasteiger partial charge in [-0.25, -0.2) is 12.8 Å². The highest BCUT2D eigenvalue weighted by molar-refractivity contribution is 9.10. The highest BCUT2D eigenvalue weighted by Gasteiger charge is 2.28. The number of carbonyl (C=O) groups excluding carboxylic acids is 1. The molecule has 10 heteroatoms. The minimum atomic E-state index is -4.01. The molecule has 2 aromatic carbocycles. The van der Waals surface area contributed by atoms with Gasteiger partial charge in [0.1, 0.15) is 5.82 Å². The van der Waals surface area contributed by atoms with Gasteiger partial charge in [-0.05, 0) is 66.9 Å². The van der Waals surface area contributed by atoms with Crippen molar-refractivity contribution in [1.82, 2.24) is 13.8 Å². The van der Waals surface area contributed by atoms with Crippen molar-refractivity contribution in [3.05, 3.63) is 88.4 Å². The van der Waals surface area contributed by atoms with Gasteiger partial charge in [0.15, 0.2) is 0 Å². The van der Waals surface area contributed by atoms with E-state index in [1.54, 1.807) is 12.0 Å². The molecule has 3 aromatic rings. The molecule has 0 radical (unpaired) electrons. The number of hydrogen-bond donors (Lipinski definition) is 0. The van der Waals surface area contributed by atoms with Crippen LogP contribution >= 0.6 is 15.9 Å². The van der Waals surface area contributed by atoms with Crippen LogP contribution in [0.2, 0.25) is 0 Å². The Labute approximate surface area is 233 Å². The lowest BCUT2D eigenvalue weighted by atomic mass is 10.2. The van der Waals surface area contributed by atoms with Crippen LogP contribution in [0, 0.1) is 5.82 Å². The van der Waals surface area contributed by atoms with E-state index >= 15 is 0 Å². The van der Waals surface area contributed by atoms with Gasteiger partial charge in [-0.15, -0.1) is 0 Å². The topological polar surface area (TPSA) is 71.9 Å². The van der Waals surface area contributed by atoms with E-state index in [-0.39, 0.29) is 23.9 Å². The molecule has 0 saturated heterocycles. The maximum atomic E-state index is 13.6. The van der Waals surface area contributed by atoms with Crippen LogP contribution in [0.3, 0.4) is 0 Å². The van der Waals surface area contributed by atoms with Crippen LogP contribution in [0.5, 0.6) is 0 Å². The van der Waals surface area contributed by atoms with Crippen LogP contribution in [0.15, 0.2) is 76.2 Å². The first kappa shape index (κ1) is 30.0. The Bertz CT molecular complexity index is 1260. The molecular weight excluding hydrogens is 573 g/mol. The van der Waals surface area contributed by atoms with E-state index in [1.807, 2.05) is 42.6 Å². The summed E-state index contributed by atoms with van der Waals surface area (Å²) in [7, 11) is -2.47. The minimum absolute atomic E-state index is 0.0485. The maximum Gasteiger partial charge on any atom is 0.243 e. The Morgan fingerprint density at radius 2 is 1.74 bits per heavy atom. The zero-order chi connectivity index (χ0) is 27.5. The predicted octanol–water partition coefficient (Wildman–Crippen LogP) is 5.29. The summed E-state index contributed by atoms with van der Waals surface area (Å²) >= 11 is 3.46. The minimum Gasteiger partial charge on any atom is -0.385 e. The number of nitrogens with zero attached hydrogens (tertiary/aromatic N) is 3. The van der Waals surface area contributed by atoms with E-state index < -0.39 is 15.8 Å². The molecule has 1 aromatic heterocycles. The first-order valence-corrected chi connectivity index (χ1v) is 14.9. The monoisotopic (exact) mass is 607 g/mol. The smallest absolute Gasteiger partial charge is 0.243 e. The summed E-state index contributed by atoms with van der Waals surface area (Å²) < 4.78 is 49.6. The van der Waals surface area contributed by atoms with Crippen LogP contribution in [0.1, 0.15) is 37.4 Å². The van der Waals surface area contributed by atoms with Gasteiger partial charge in [0, 0.05) is 49.7 Å². The number of hydrogen-bond acceptors (Lipinski definition) is 4. The van der Waals surface area contributed by atoms with Crippen molar-refractivity contribution in [1.29, 1.82) is 0 Å². The van der Waals surface area contributed by atoms with Crippen LogP contribution in [0.25, 0.3) is 0 Å². The summed E-state index contributed by atoms with van der Waals surface area (Å²) in [6.07, 6.45) is 4.10. The molecule has 0 aliphatic heterocycles. The van der Waals surface area contributed by atoms with Crippen LogP contribution in [-0.4, -0.2) is 61.4 Å². The van der Waals surface area contributed by atoms with Gasteiger partial charge in [-0.1, -0.05) is 41.4 Å². The van der Waals surface area contributed by atoms with Crippen LogP contribution < -0.4 is 0 Å². The molecule has 0 bridgehead atoms. The molecule has 0 aliphatic rings. The lowest BCUT2D eigenvalue weighted by Crippen LogP contribution is -2.43. The molecule has 0 saturated carbocycles. The molecule has 3 rings (SSSR count). The van der Waals surface area contributed by atoms with Gasteiger partial charge in [0.25, 0.3) is 0 Å². The van der Waals surface area contributed by atoms with E-state index in [9.17, 15) is 17.6 Å². The number of methoxy groups -OCH3 is 1. The molecule has 0 spiro atoms. The summed E-state index contributed by atoms with van der Waals surface area (Å²) in [6, 6.07) is 16.7. The van der Waals surface area contributed by atoms with Gasteiger partial charge >= 0.3 is 0 Å². The molecule has 206 valence electrons. The van der Waals surface area contributed by atoms with Gasteiger partial charge in [-0.3, -0.25) is 4.79 Å². The Morgan fingerprint density at radius 1 is 1.03 bits per heavy atom. The number of unbranched alkanes of at least 4 members (excludes halogenated alkanes) is 1. The van der Waals surface area contributed by atoms with Crippen molar-refractivity contribution in [3.8, 4) is 0 Å². The summed E-state index contributed by atoms with van der Waals surface area (Å²) in [5, 5.41) is 0. The zero-order valence-electron chi connectivity index (χ0n) is 21.9. The third kappa shape index (κ3) is 8.49. The number of benzene rings is 2. The Hall–Kier alpha value is -2.53. The molecule has 0 N–H and O–H groups in total. The van der Waals surface area contributed by atoms with Crippen molar-refractivity contribution in [2.24, 2.45) is 0 Å². The Morgan fingerprint density at radius 3 is 2.39 bits per heavy atom. The largest absolute Gasteiger partial charge is 0.385 e. The lowest BCUT2D eigenvalue weighted by Gasteiger charge is -2.28. The maximum absolute atomic E-state index is 13.6. The number of amides is 1. The molecule has 1 heterocycles. The third-order valence-electron chi connectivity index (χ3n) is 6.20. The van der Waals surface area contributed by atoms with E-state index in [0.717, 1.165) is 40.7 Å². The predicted molar refractivity (Wildman–Crippen MR) is 150 cm³/mol. The normalized spacial score (nSPS) is 11.7. The highest BCUT2D eigenvalue weighted by Crippen LogP contribution is 2.19. The molecule has 7 nitrogen and oxygen atoms in total. The van der Waals surface area contributed by atoms with E-state index in [0.29, 0.717) is 32.7 Å². The zero-order valence-corrected chi connectivity index (χ0v) is 24.3. The lowest BCUT2D eigenvalue weighted by molar-refractivity contribution is -0.132. The molecular formula is C28H35BrFN3O4S. The van der Waals surface area contributed by atoms with Crippen LogP contribution in [-0.2, 0) is 32.6 Å². The second-order valence-corrected chi connectivity index (χ2v) is 11.9. The molecule has 1 amide bonds. The summed E-state index contributed by atoms with van der Waals surface area (Å²) in [5.74, 6) is -0.805. The Balaban J connectivity index is 1.80. The van der Waals surface area contributed by atoms with Gasteiger partial charge in [-0.2, -0.15) is 4.31 Å². The average molecular weight is 609 g/mol. The molecule has 0 fully saturated rings.